The van der Waals surface area contributed by atoms with Crippen LogP contribution in [0.3, 0.4) is 0 Å². The van der Waals surface area contributed by atoms with Gasteiger partial charge >= 0.3 is 0 Å². The number of fused-ring (bicyclic) bond motifs is 4. The monoisotopic (exact) mass is 384 g/mol. The second-order valence-electron chi connectivity index (χ2n) is 9.58. The van der Waals surface area contributed by atoms with Crippen molar-refractivity contribution in [1.29, 1.82) is 0 Å². The Labute approximate surface area is 164 Å². The Kier molecular flexibility index (Phi) is 3.99. The van der Waals surface area contributed by atoms with Crippen molar-refractivity contribution in [2.24, 2.45) is 5.41 Å². The molecule has 2 aromatic rings. The Hall–Kier alpha value is -1.35. The molecule has 1 fully saturated rings. The number of hydrogen-bond donors (Lipinski definition) is 0. The number of benzene rings is 2. The van der Waals surface area contributed by atoms with E-state index < -0.39 is 11.6 Å². The quantitative estimate of drug-likeness (QED) is 0.453. The maximum absolute atomic E-state index is 14.7. The third kappa shape index (κ3) is 2.68. The summed E-state index contributed by atoms with van der Waals surface area (Å²) >= 11 is 1.69. The van der Waals surface area contributed by atoms with E-state index in [1.54, 1.807) is 11.8 Å². The van der Waals surface area contributed by atoms with Crippen molar-refractivity contribution < 1.29 is 8.78 Å². The van der Waals surface area contributed by atoms with Crippen molar-refractivity contribution in [3.05, 3.63) is 63.7 Å². The predicted molar refractivity (Wildman–Crippen MR) is 108 cm³/mol. The third-order valence-corrected chi connectivity index (χ3v) is 8.01. The largest absolute Gasteiger partial charge is 0.204 e. The topological polar surface area (TPSA) is 0 Å². The first kappa shape index (κ1) is 17.7. The number of halogens is 2. The Bertz CT molecular complexity index is 917. The van der Waals surface area contributed by atoms with Gasteiger partial charge in [-0.15, -0.1) is 11.8 Å². The van der Waals surface area contributed by atoms with Gasteiger partial charge in [0.2, 0.25) is 0 Å². The van der Waals surface area contributed by atoms with E-state index in [-0.39, 0.29) is 11.3 Å². The summed E-state index contributed by atoms with van der Waals surface area (Å²) in [4.78, 5) is 1.28. The lowest BCUT2D eigenvalue weighted by Gasteiger charge is -2.40. The maximum Gasteiger partial charge on any atom is 0.163 e. The molecule has 3 heteroatoms. The lowest BCUT2D eigenvalue weighted by atomic mass is 9.65. The fraction of sp³-hybridized carbons (Fsp3) is 0.500. The minimum Gasteiger partial charge on any atom is -0.204 e. The van der Waals surface area contributed by atoms with Crippen molar-refractivity contribution in [2.45, 2.75) is 74.9 Å². The molecular formula is C24H26F2S. The molecule has 0 nitrogen and oxygen atoms in total. The van der Waals surface area contributed by atoms with Crippen molar-refractivity contribution >= 4 is 11.8 Å². The molecule has 1 aliphatic heterocycles. The zero-order chi connectivity index (χ0) is 18.9. The molecule has 1 saturated carbocycles. The van der Waals surface area contributed by atoms with Crippen LogP contribution in [-0.2, 0) is 5.75 Å². The molecule has 2 bridgehead atoms. The van der Waals surface area contributed by atoms with Crippen molar-refractivity contribution in [3.63, 3.8) is 0 Å². The zero-order valence-electron chi connectivity index (χ0n) is 16.2. The molecule has 142 valence electrons. The molecule has 1 unspecified atom stereocenters. The van der Waals surface area contributed by atoms with Crippen LogP contribution in [0.4, 0.5) is 8.78 Å². The minimum atomic E-state index is -0.731. The van der Waals surface area contributed by atoms with E-state index in [2.05, 4.69) is 32.9 Å². The first-order valence-corrected chi connectivity index (χ1v) is 11.1. The lowest BCUT2D eigenvalue weighted by Crippen LogP contribution is -2.25. The van der Waals surface area contributed by atoms with Gasteiger partial charge in [0.15, 0.2) is 11.6 Å². The summed E-state index contributed by atoms with van der Waals surface area (Å²) in [7, 11) is 0. The molecule has 3 aliphatic carbocycles. The normalized spacial score (nSPS) is 26.2. The summed E-state index contributed by atoms with van der Waals surface area (Å²) in [6.07, 6.45) is 5.23. The van der Waals surface area contributed by atoms with E-state index >= 15 is 0 Å². The van der Waals surface area contributed by atoms with Gasteiger partial charge in [0, 0.05) is 22.1 Å². The molecule has 0 spiro atoms. The van der Waals surface area contributed by atoms with Crippen molar-refractivity contribution in [1.82, 2.24) is 0 Å². The van der Waals surface area contributed by atoms with E-state index in [1.165, 1.54) is 53.3 Å². The average Bonchev–Trinajstić information content (AvgIpc) is 2.80. The Morgan fingerprint density at radius 3 is 2.11 bits per heavy atom. The van der Waals surface area contributed by atoms with E-state index in [0.29, 0.717) is 23.2 Å². The van der Waals surface area contributed by atoms with Gasteiger partial charge < -0.3 is 0 Å². The van der Waals surface area contributed by atoms with Crippen LogP contribution < -0.4 is 0 Å². The summed E-state index contributed by atoms with van der Waals surface area (Å²) < 4.78 is 28.7. The molecule has 2 aromatic carbocycles. The summed E-state index contributed by atoms with van der Waals surface area (Å²) in [5.74, 6) is 0.582. The smallest absolute Gasteiger partial charge is 0.163 e. The van der Waals surface area contributed by atoms with Gasteiger partial charge in [-0.1, -0.05) is 32.9 Å². The average molecular weight is 385 g/mol. The second kappa shape index (κ2) is 6.07. The first-order valence-electron chi connectivity index (χ1n) is 10.1. The van der Waals surface area contributed by atoms with Crippen LogP contribution in [0.5, 0.6) is 0 Å². The van der Waals surface area contributed by atoms with Crippen molar-refractivity contribution in [2.75, 3.05) is 0 Å². The van der Waals surface area contributed by atoms with Gasteiger partial charge in [-0.05, 0) is 77.3 Å². The molecule has 27 heavy (non-hydrogen) atoms. The standard InChI is InChI=1S/C24H26F2S/c1-24(2,3)22-15-8-9-20(25)23(26)19(15)12-27-21-11-17-14-6-4-13(5-7-14)16(17)10-18(21)22/h8-11,13-14,22H,4-7,12H2,1-3H3. The fourth-order valence-electron chi connectivity index (χ4n) is 5.68. The molecule has 4 aliphatic rings. The van der Waals surface area contributed by atoms with Crippen LogP contribution in [0.2, 0.25) is 0 Å². The highest BCUT2D eigenvalue weighted by Gasteiger charge is 2.39. The molecule has 0 amide bonds. The second-order valence-corrected chi connectivity index (χ2v) is 10.6. The predicted octanol–water partition coefficient (Wildman–Crippen LogP) is 7.50. The molecule has 0 aromatic heterocycles. The van der Waals surface area contributed by atoms with Crippen LogP contribution in [0, 0.1) is 17.0 Å². The molecule has 6 rings (SSSR count). The van der Waals surface area contributed by atoms with E-state index in [1.807, 2.05) is 6.07 Å². The van der Waals surface area contributed by atoms with E-state index in [0.717, 1.165) is 5.56 Å². The summed E-state index contributed by atoms with van der Waals surface area (Å²) in [5.41, 5.74) is 5.85. The van der Waals surface area contributed by atoms with Gasteiger partial charge in [-0.3, -0.25) is 0 Å². The molecule has 1 heterocycles. The van der Waals surface area contributed by atoms with Crippen LogP contribution >= 0.6 is 11.8 Å². The van der Waals surface area contributed by atoms with Gasteiger partial charge in [-0.2, -0.15) is 0 Å². The molecule has 0 saturated heterocycles. The summed E-state index contributed by atoms with van der Waals surface area (Å²) in [6.45, 7) is 6.65. The third-order valence-electron chi connectivity index (χ3n) is 6.91. The van der Waals surface area contributed by atoms with Gasteiger partial charge in [0.1, 0.15) is 0 Å². The fourth-order valence-corrected chi connectivity index (χ4v) is 6.83. The summed E-state index contributed by atoms with van der Waals surface area (Å²) in [5, 5.41) is 0. The van der Waals surface area contributed by atoms with Crippen molar-refractivity contribution in [3.8, 4) is 0 Å². The summed E-state index contributed by atoms with van der Waals surface area (Å²) in [6, 6.07) is 7.98. The highest BCUT2D eigenvalue weighted by Crippen LogP contribution is 2.55. The Morgan fingerprint density at radius 2 is 1.48 bits per heavy atom. The van der Waals surface area contributed by atoms with Crippen LogP contribution in [-0.4, -0.2) is 0 Å². The lowest BCUT2D eigenvalue weighted by molar-refractivity contribution is 0.344. The first-order chi connectivity index (χ1) is 12.8. The zero-order valence-corrected chi connectivity index (χ0v) is 17.1. The number of rotatable bonds is 0. The maximum atomic E-state index is 14.7. The number of thioether (sulfide) groups is 1. The molecule has 0 N–H and O–H groups in total. The minimum absolute atomic E-state index is 0.0689. The van der Waals surface area contributed by atoms with Gasteiger partial charge in [-0.25, -0.2) is 8.78 Å². The van der Waals surface area contributed by atoms with Crippen LogP contribution in [0.1, 0.15) is 92.0 Å². The van der Waals surface area contributed by atoms with Gasteiger partial charge in [0.25, 0.3) is 0 Å². The highest BCUT2D eigenvalue weighted by atomic mass is 32.2. The Balaban J connectivity index is 1.75. The SMILES string of the molecule is CC(C)(C)C1c2cc3c(cc2SCc2c1ccc(F)c2F)C1CCC3CC1. The Morgan fingerprint density at radius 1 is 0.852 bits per heavy atom. The van der Waals surface area contributed by atoms with E-state index in [9.17, 15) is 8.78 Å². The molecule has 1 atom stereocenters. The molecule has 0 radical (unpaired) electrons. The highest BCUT2D eigenvalue weighted by molar-refractivity contribution is 7.98. The molecular weight excluding hydrogens is 358 g/mol. The van der Waals surface area contributed by atoms with Crippen LogP contribution in [0.25, 0.3) is 0 Å². The number of hydrogen-bond acceptors (Lipinski definition) is 1. The van der Waals surface area contributed by atoms with Crippen LogP contribution in [0.15, 0.2) is 29.2 Å². The van der Waals surface area contributed by atoms with E-state index in [4.69, 9.17) is 0 Å². The van der Waals surface area contributed by atoms with Gasteiger partial charge in [0.05, 0.1) is 0 Å².